The van der Waals surface area contributed by atoms with Gasteiger partial charge in [-0.1, -0.05) is 31.2 Å². The van der Waals surface area contributed by atoms with Crippen molar-refractivity contribution in [3.8, 4) is 0 Å². The number of rotatable bonds is 6. The lowest BCUT2D eigenvalue weighted by atomic mass is 10.1. The molecule has 0 radical (unpaired) electrons. The number of carbonyl (C=O) groups excluding carboxylic acids is 1. The van der Waals surface area contributed by atoms with E-state index in [9.17, 15) is 9.00 Å². The van der Waals surface area contributed by atoms with Gasteiger partial charge in [-0.2, -0.15) is 0 Å². The summed E-state index contributed by atoms with van der Waals surface area (Å²) >= 11 is 0. The van der Waals surface area contributed by atoms with Gasteiger partial charge in [0.2, 0.25) is 0 Å². The topological polar surface area (TPSA) is 43.4 Å². The third kappa shape index (κ3) is 4.69. The van der Waals surface area contributed by atoms with E-state index < -0.39 is 10.8 Å². The highest BCUT2D eigenvalue weighted by molar-refractivity contribution is 7.84. The molecule has 0 aliphatic heterocycles. The molecule has 0 amide bonds. The molecule has 0 spiro atoms. The second-order valence-corrected chi connectivity index (χ2v) is 5.39. The minimum Gasteiger partial charge on any atom is -0.469 e. The molecule has 0 saturated heterocycles. The zero-order valence-electron chi connectivity index (χ0n) is 10.3. The molecule has 17 heavy (non-hydrogen) atoms. The zero-order valence-corrected chi connectivity index (χ0v) is 11.1. The molecule has 0 heterocycles. The predicted molar refractivity (Wildman–Crippen MR) is 69.2 cm³/mol. The van der Waals surface area contributed by atoms with Crippen molar-refractivity contribution >= 4 is 16.8 Å². The largest absolute Gasteiger partial charge is 0.469 e. The van der Waals surface area contributed by atoms with Gasteiger partial charge in [-0.25, -0.2) is 0 Å². The lowest BCUT2D eigenvalue weighted by Crippen LogP contribution is -2.08. The summed E-state index contributed by atoms with van der Waals surface area (Å²) in [5.41, 5.74) is 1.88. The van der Waals surface area contributed by atoms with Crippen molar-refractivity contribution in [2.45, 2.75) is 25.5 Å². The fourth-order valence-corrected chi connectivity index (χ4v) is 2.80. The van der Waals surface area contributed by atoms with Crippen LogP contribution in [0.5, 0.6) is 0 Å². The molecule has 0 saturated carbocycles. The molecule has 0 bridgehead atoms. The molecule has 0 aliphatic carbocycles. The van der Waals surface area contributed by atoms with Crippen molar-refractivity contribution in [2.24, 2.45) is 0 Å². The lowest BCUT2D eigenvalue weighted by Gasteiger charge is -2.08. The molecule has 1 rings (SSSR count). The minimum absolute atomic E-state index is 0.246. The van der Waals surface area contributed by atoms with E-state index in [1.807, 2.05) is 31.2 Å². The van der Waals surface area contributed by atoms with Gasteiger partial charge in [0.1, 0.15) is 0 Å². The summed E-state index contributed by atoms with van der Waals surface area (Å²) in [6, 6.07) is 7.59. The first-order valence-corrected chi connectivity index (χ1v) is 7.14. The molecule has 1 unspecified atom stereocenters. The maximum absolute atomic E-state index is 11.7. The average Bonchev–Trinajstić information content (AvgIpc) is 2.31. The first-order valence-electron chi connectivity index (χ1n) is 5.66. The predicted octanol–water partition coefficient (Wildman–Crippen LogP) is 2.06. The molecule has 0 aromatic heterocycles. The Morgan fingerprint density at radius 2 is 1.94 bits per heavy atom. The Labute approximate surface area is 105 Å². The van der Waals surface area contributed by atoms with Gasteiger partial charge in [0, 0.05) is 22.3 Å². The van der Waals surface area contributed by atoms with E-state index in [0.717, 1.165) is 17.5 Å². The SMILES string of the molecule is CCCS(=O)Cc1ccccc1CC(=O)OC. The van der Waals surface area contributed by atoms with Gasteiger partial charge in [-0.3, -0.25) is 9.00 Å². The number of methoxy groups -OCH3 is 1. The second-order valence-electron chi connectivity index (χ2n) is 3.81. The Morgan fingerprint density at radius 1 is 1.29 bits per heavy atom. The van der Waals surface area contributed by atoms with Crippen LogP contribution < -0.4 is 0 Å². The standard InChI is InChI=1S/C13H18O3S/c1-3-8-17(15)10-12-7-5-4-6-11(12)9-13(14)16-2/h4-7H,3,8-10H2,1-2H3. The number of hydrogen-bond donors (Lipinski definition) is 0. The summed E-state index contributed by atoms with van der Waals surface area (Å²) in [7, 11) is 0.525. The molecule has 1 aromatic carbocycles. The Balaban J connectivity index is 2.77. The molecule has 4 heteroatoms. The maximum Gasteiger partial charge on any atom is 0.309 e. The zero-order chi connectivity index (χ0) is 12.7. The van der Waals surface area contributed by atoms with Gasteiger partial charge in [0.05, 0.1) is 13.5 Å². The van der Waals surface area contributed by atoms with E-state index in [2.05, 4.69) is 4.74 Å². The first kappa shape index (κ1) is 13.9. The third-order valence-electron chi connectivity index (χ3n) is 2.43. The van der Waals surface area contributed by atoms with Gasteiger partial charge in [-0.05, 0) is 17.5 Å². The Morgan fingerprint density at radius 3 is 2.53 bits per heavy atom. The smallest absolute Gasteiger partial charge is 0.309 e. The normalized spacial score (nSPS) is 12.1. The van der Waals surface area contributed by atoms with E-state index in [-0.39, 0.29) is 12.4 Å². The highest BCUT2D eigenvalue weighted by Gasteiger charge is 2.09. The summed E-state index contributed by atoms with van der Waals surface area (Å²) in [6.45, 7) is 2.01. The number of benzene rings is 1. The molecule has 0 aliphatic rings. The van der Waals surface area contributed by atoms with Gasteiger partial charge >= 0.3 is 5.97 Å². The van der Waals surface area contributed by atoms with E-state index in [1.54, 1.807) is 0 Å². The Hall–Kier alpha value is -1.16. The van der Waals surface area contributed by atoms with E-state index >= 15 is 0 Å². The van der Waals surface area contributed by atoms with Crippen LogP contribution in [0.4, 0.5) is 0 Å². The second kappa shape index (κ2) is 7.22. The summed E-state index contributed by atoms with van der Waals surface area (Å²) in [5, 5.41) is 0. The Bertz CT molecular complexity index is 401. The van der Waals surface area contributed by atoms with Crippen LogP contribution in [0.25, 0.3) is 0 Å². The van der Waals surface area contributed by atoms with Crippen LogP contribution in [0.2, 0.25) is 0 Å². The van der Waals surface area contributed by atoms with Crippen molar-refractivity contribution in [1.29, 1.82) is 0 Å². The molecule has 0 N–H and O–H groups in total. The van der Waals surface area contributed by atoms with Gasteiger partial charge < -0.3 is 4.74 Å². The molecule has 1 aromatic rings. The quantitative estimate of drug-likeness (QED) is 0.730. The molecule has 0 fully saturated rings. The molecule has 94 valence electrons. The molecule has 1 atom stereocenters. The third-order valence-corrected chi connectivity index (χ3v) is 3.93. The van der Waals surface area contributed by atoms with Crippen molar-refractivity contribution in [2.75, 3.05) is 12.9 Å². The van der Waals surface area contributed by atoms with Gasteiger partial charge in [0.15, 0.2) is 0 Å². The van der Waals surface area contributed by atoms with Crippen molar-refractivity contribution in [1.82, 2.24) is 0 Å². The number of esters is 1. The first-order chi connectivity index (χ1) is 8.17. The van der Waals surface area contributed by atoms with E-state index in [0.29, 0.717) is 11.5 Å². The van der Waals surface area contributed by atoms with E-state index in [1.165, 1.54) is 7.11 Å². The maximum atomic E-state index is 11.7. The van der Waals surface area contributed by atoms with Crippen LogP contribution >= 0.6 is 0 Å². The summed E-state index contributed by atoms with van der Waals surface area (Å²) in [5.74, 6) is 0.951. The summed E-state index contributed by atoms with van der Waals surface area (Å²) in [4.78, 5) is 11.2. The number of ether oxygens (including phenoxy) is 1. The van der Waals surface area contributed by atoms with Crippen LogP contribution in [0.3, 0.4) is 0 Å². The Kier molecular flexibility index (Phi) is 5.91. The van der Waals surface area contributed by atoms with Crippen LogP contribution in [-0.4, -0.2) is 23.0 Å². The minimum atomic E-state index is -0.850. The van der Waals surface area contributed by atoms with Crippen LogP contribution in [0.1, 0.15) is 24.5 Å². The molecular weight excluding hydrogens is 236 g/mol. The lowest BCUT2D eigenvalue weighted by molar-refractivity contribution is -0.139. The van der Waals surface area contributed by atoms with Gasteiger partial charge in [-0.15, -0.1) is 0 Å². The average molecular weight is 254 g/mol. The molecular formula is C13H18O3S. The van der Waals surface area contributed by atoms with Crippen molar-refractivity contribution in [3.05, 3.63) is 35.4 Å². The fraction of sp³-hybridized carbons (Fsp3) is 0.462. The van der Waals surface area contributed by atoms with Crippen LogP contribution in [-0.2, 0) is 32.5 Å². The van der Waals surface area contributed by atoms with Crippen LogP contribution in [0, 0.1) is 0 Å². The number of hydrogen-bond acceptors (Lipinski definition) is 3. The molecule has 3 nitrogen and oxygen atoms in total. The highest BCUT2D eigenvalue weighted by Crippen LogP contribution is 2.13. The summed E-state index contributed by atoms with van der Waals surface area (Å²) < 4.78 is 16.4. The monoisotopic (exact) mass is 254 g/mol. The highest BCUT2D eigenvalue weighted by atomic mass is 32.2. The van der Waals surface area contributed by atoms with Crippen LogP contribution in [0.15, 0.2) is 24.3 Å². The van der Waals surface area contributed by atoms with Gasteiger partial charge in [0.25, 0.3) is 0 Å². The fourth-order valence-electron chi connectivity index (χ4n) is 1.57. The summed E-state index contributed by atoms with van der Waals surface area (Å²) in [6.07, 6.45) is 1.15. The number of carbonyl (C=O) groups is 1. The van der Waals surface area contributed by atoms with Crippen molar-refractivity contribution < 1.29 is 13.7 Å². The van der Waals surface area contributed by atoms with Crippen molar-refractivity contribution in [3.63, 3.8) is 0 Å². The van der Waals surface area contributed by atoms with E-state index in [4.69, 9.17) is 0 Å².